The molecular formula is C23H19FN2O7. The number of nitrogens with zero attached hydrogens (tertiary/aromatic N) is 1. The van der Waals surface area contributed by atoms with Crippen LogP contribution in [0.4, 0.5) is 15.8 Å². The van der Waals surface area contributed by atoms with Crippen molar-refractivity contribution in [3.05, 3.63) is 93.8 Å². The molecule has 3 aromatic rings. The number of para-hydroxylation sites is 1. The predicted octanol–water partition coefficient (Wildman–Crippen LogP) is 4.12. The van der Waals surface area contributed by atoms with Crippen LogP contribution in [0.25, 0.3) is 0 Å². The number of rotatable bonds is 9. The van der Waals surface area contributed by atoms with Crippen LogP contribution in [-0.2, 0) is 16.1 Å². The van der Waals surface area contributed by atoms with E-state index < -0.39 is 23.4 Å². The van der Waals surface area contributed by atoms with Gasteiger partial charge in [0.05, 0.1) is 18.1 Å². The van der Waals surface area contributed by atoms with E-state index in [4.69, 9.17) is 14.2 Å². The van der Waals surface area contributed by atoms with Crippen LogP contribution in [0, 0.1) is 15.9 Å². The molecule has 170 valence electrons. The Morgan fingerprint density at radius 1 is 1.06 bits per heavy atom. The van der Waals surface area contributed by atoms with Gasteiger partial charge in [-0.05, 0) is 42.0 Å². The van der Waals surface area contributed by atoms with E-state index in [9.17, 15) is 24.1 Å². The summed E-state index contributed by atoms with van der Waals surface area (Å²) in [5.41, 5.74) is 0.348. The highest BCUT2D eigenvalue weighted by molar-refractivity contribution is 5.97. The second kappa shape index (κ2) is 10.7. The summed E-state index contributed by atoms with van der Waals surface area (Å²) in [5.74, 6) is -1.48. The average molecular weight is 454 g/mol. The van der Waals surface area contributed by atoms with E-state index in [2.05, 4.69) is 5.32 Å². The maximum atomic E-state index is 13.0. The monoisotopic (exact) mass is 454 g/mol. The van der Waals surface area contributed by atoms with Gasteiger partial charge in [-0.25, -0.2) is 9.18 Å². The molecule has 0 aliphatic carbocycles. The second-order valence-corrected chi connectivity index (χ2v) is 6.68. The quantitative estimate of drug-likeness (QED) is 0.294. The molecule has 3 aromatic carbocycles. The van der Waals surface area contributed by atoms with Gasteiger partial charge in [0.25, 0.3) is 11.6 Å². The molecule has 0 aliphatic rings. The van der Waals surface area contributed by atoms with Crippen molar-refractivity contribution < 1.29 is 33.1 Å². The van der Waals surface area contributed by atoms with Crippen LogP contribution in [0.1, 0.15) is 15.9 Å². The molecule has 0 heterocycles. The Morgan fingerprint density at radius 2 is 1.79 bits per heavy atom. The highest BCUT2D eigenvalue weighted by Crippen LogP contribution is 2.29. The van der Waals surface area contributed by atoms with E-state index in [-0.39, 0.29) is 40.9 Å². The molecule has 1 amide bonds. The molecule has 33 heavy (non-hydrogen) atoms. The maximum Gasteiger partial charge on any atom is 0.342 e. The van der Waals surface area contributed by atoms with Crippen molar-refractivity contribution in [3.63, 3.8) is 0 Å². The number of esters is 1. The summed E-state index contributed by atoms with van der Waals surface area (Å²) in [4.78, 5) is 35.2. The summed E-state index contributed by atoms with van der Waals surface area (Å²) >= 11 is 0. The lowest BCUT2D eigenvalue weighted by Gasteiger charge is -2.12. The molecular weight excluding hydrogens is 435 g/mol. The van der Waals surface area contributed by atoms with Crippen LogP contribution in [-0.4, -0.2) is 30.5 Å². The smallest absolute Gasteiger partial charge is 0.342 e. The van der Waals surface area contributed by atoms with Gasteiger partial charge in [0.2, 0.25) is 0 Å². The van der Waals surface area contributed by atoms with Crippen molar-refractivity contribution in [2.24, 2.45) is 0 Å². The summed E-state index contributed by atoms with van der Waals surface area (Å²) in [6, 6.07) is 15.9. The number of halogens is 1. The third-order valence-corrected chi connectivity index (χ3v) is 4.42. The third-order valence-electron chi connectivity index (χ3n) is 4.42. The second-order valence-electron chi connectivity index (χ2n) is 6.68. The topological polar surface area (TPSA) is 117 Å². The van der Waals surface area contributed by atoms with E-state index in [1.54, 1.807) is 30.3 Å². The molecule has 0 spiro atoms. The maximum absolute atomic E-state index is 13.0. The van der Waals surface area contributed by atoms with Crippen molar-refractivity contribution >= 4 is 23.3 Å². The van der Waals surface area contributed by atoms with E-state index >= 15 is 0 Å². The lowest BCUT2D eigenvalue weighted by atomic mass is 10.2. The van der Waals surface area contributed by atoms with Crippen LogP contribution in [0.2, 0.25) is 0 Å². The Morgan fingerprint density at radius 3 is 2.48 bits per heavy atom. The van der Waals surface area contributed by atoms with Gasteiger partial charge in [-0.15, -0.1) is 0 Å². The molecule has 10 heteroatoms. The Hall–Kier alpha value is -4.47. The normalized spacial score (nSPS) is 10.2. The highest BCUT2D eigenvalue weighted by Gasteiger charge is 2.19. The first-order chi connectivity index (χ1) is 15.9. The first-order valence-electron chi connectivity index (χ1n) is 9.63. The number of hydrogen-bond donors (Lipinski definition) is 1. The molecule has 0 saturated carbocycles. The van der Waals surface area contributed by atoms with Gasteiger partial charge in [0, 0.05) is 0 Å². The van der Waals surface area contributed by atoms with Gasteiger partial charge in [0.15, 0.2) is 6.61 Å². The molecule has 0 radical (unpaired) electrons. The molecule has 0 atom stereocenters. The van der Waals surface area contributed by atoms with Gasteiger partial charge in [-0.1, -0.05) is 24.3 Å². The minimum Gasteiger partial charge on any atom is -0.496 e. The lowest BCUT2D eigenvalue weighted by molar-refractivity contribution is -0.384. The Balaban J connectivity index is 1.61. The molecule has 9 nitrogen and oxygen atoms in total. The van der Waals surface area contributed by atoms with Crippen LogP contribution >= 0.6 is 0 Å². The number of amides is 1. The summed E-state index contributed by atoms with van der Waals surface area (Å²) in [6.45, 7) is -0.583. The van der Waals surface area contributed by atoms with Crippen molar-refractivity contribution in [2.75, 3.05) is 19.0 Å². The van der Waals surface area contributed by atoms with E-state index in [1.165, 1.54) is 37.4 Å². The van der Waals surface area contributed by atoms with Crippen LogP contribution in [0.3, 0.4) is 0 Å². The number of methoxy groups -OCH3 is 1. The van der Waals surface area contributed by atoms with Crippen molar-refractivity contribution in [3.8, 4) is 11.5 Å². The molecule has 3 rings (SSSR count). The Kier molecular flexibility index (Phi) is 7.53. The Labute approximate surface area is 187 Å². The third kappa shape index (κ3) is 6.26. The number of ether oxygens (including phenoxy) is 3. The first-order valence-corrected chi connectivity index (χ1v) is 9.63. The molecule has 0 fully saturated rings. The van der Waals surface area contributed by atoms with Gasteiger partial charge in [-0.2, -0.15) is 0 Å². The van der Waals surface area contributed by atoms with E-state index in [0.29, 0.717) is 5.56 Å². The summed E-state index contributed by atoms with van der Waals surface area (Å²) in [5, 5.41) is 13.6. The number of nitrogens with one attached hydrogen (secondary N) is 1. The van der Waals surface area contributed by atoms with Crippen LogP contribution in [0.5, 0.6) is 11.5 Å². The summed E-state index contributed by atoms with van der Waals surface area (Å²) in [7, 11) is 1.36. The highest BCUT2D eigenvalue weighted by atomic mass is 19.1. The zero-order valence-corrected chi connectivity index (χ0v) is 17.4. The zero-order valence-electron chi connectivity index (χ0n) is 17.4. The Bertz CT molecular complexity index is 1170. The molecule has 1 N–H and O–H groups in total. The number of carbonyl (C=O) groups excluding carboxylic acids is 2. The number of nitro benzene ring substituents is 1. The van der Waals surface area contributed by atoms with Crippen molar-refractivity contribution in [1.82, 2.24) is 0 Å². The minimum atomic E-state index is -0.816. The SMILES string of the molecule is COc1ccc(NC(=O)COC(=O)c2ccccc2OCc2ccc(F)cc2)c([N+](=O)[O-])c1. The molecule has 0 bridgehead atoms. The number of anilines is 1. The van der Waals surface area contributed by atoms with Crippen molar-refractivity contribution in [2.45, 2.75) is 6.61 Å². The fraction of sp³-hybridized carbons (Fsp3) is 0.130. The van der Waals surface area contributed by atoms with Crippen LogP contribution < -0.4 is 14.8 Å². The van der Waals surface area contributed by atoms with Gasteiger partial charge in [-0.3, -0.25) is 14.9 Å². The number of carbonyl (C=O) groups is 2. The first kappa shape index (κ1) is 23.2. The summed E-state index contributed by atoms with van der Waals surface area (Å²) in [6.07, 6.45) is 0. The van der Waals surface area contributed by atoms with Crippen molar-refractivity contribution in [1.29, 1.82) is 0 Å². The van der Waals surface area contributed by atoms with Crippen LogP contribution in [0.15, 0.2) is 66.7 Å². The average Bonchev–Trinajstić information content (AvgIpc) is 2.82. The lowest BCUT2D eigenvalue weighted by Crippen LogP contribution is -2.21. The predicted molar refractivity (Wildman–Crippen MR) is 116 cm³/mol. The number of nitro groups is 1. The minimum absolute atomic E-state index is 0.0649. The van der Waals surface area contributed by atoms with E-state index in [0.717, 1.165) is 6.07 Å². The van der Waals surface area contributed by atoms with Gasteiger partial charge >= 0.3 is 5.97 Å². The van der Waals surface area contributed by atoms with E-state index in [1.807, 2.05) is 0 Å². The fourth-order valence-corrected chi connectivity index (χ4v) is 2.79. The van der Waals surface area contributed by atoms with Gasteiger partial charge < -0.3 is 19.5 Å². The number of hydrogen-bond acceptors (Lipinski definition) is 7. The van der Waals surface area contributed by atoms with Gasteiger partial charge in [0.1, 0.15) is 35.2 Å². The number of benzene rings is 3. The standard InChI is InChI=1S/C23H19FN2O7/c1-31-17-10-11-19(20(12-17)26(29)30)25-22(27)14-33-23(28)18-4-2-3-5-21(18)32-13-15-6-8-16(24)9-7-15/h2-12H,13-14H2,1H3,(H,25,27). The molecule has 0 aliphatic heterocycles. The molecule has 0 unspecified atom stereocenters. The molecule has 0 aromatic heterocycles. The molecule has 0 saturated heterocycles. The fourth-order valence-electron chi connectivity index (χ4n) is 2.79. The largest absolute Gasteiger partial charge is 0.496 e. The zero-order chi connectivity index (χ0) is 23.8. The summed E-state index contributed by atoms with van der Waals surface area (Å²) < 4.78 is 28.7.